The van der Waals surface area contributed by atoms with Gasteiger partial charge in [0.15, 0.2) is 0 Å². The van der Waals surface area contributed by atoms with Crippen LogP contribution in [-0.2, 0) is 12.8 Å². The fourth-order valence-electron chi connectivity index (χ4n) is 2.24. The normalized spacial score (nSPS) is 12.8. The van der Waals surface area contributed by atoms with Crippen molar-refractivity contribution in [2.45, 2.75) is 32.7 Å². The molecule has 102 valence electrons. The minimum Gasteiger partial charge on any atom is -0.248 e. The fraction of sp³-hybridized carbons (Fsp3) is 0.467. The van der Waals surface area contributed by atoms with Crippen molar-refractivity contribution >= 4 is 11.6 Å². The van der Waals surface area contributed by atoms with E-state index in [9.17, 15) is 0 Å². The number of halogens is 1. The van der Waals surface area contributed by atoms with Crippen LogP contribution in [0.3, 0.4) is 0 Å². The van der Waals surface area contributed by atoms with Crippen molar-refractivity contribution in [1.29, 1.82) is 0 Å². The number of hydrogen-bond donors (Lipinski definition) is 0. The molecule has 0 saturated carbocycles. The van der Waals surface area contributed by atoms with E-state index in [4.69, 9.17) is 11.6 Å². The van der Waals surface area contributed by atoms with E-state index < -0.39 is 0 Å². The topological polar surface area (TPSA) is 30.7 Å². The van der Waals surface area contributed by atoms with Crippen LogP contribution in [0.15, 0.2) is 36.7 Å². The average Bonchev–Trinajstić information content (AvgIpc) is 2.87. The molecule has 1 heterocycles. The van der Waals surface area contributed by atoms with Crippen LogP contribution in [0.5, 0.6) is 0 Å². The molecule has 0 bridgehead atoms. The molecule has 3 nitrogen and oxygen atoms in total. The largest absolute Gasteiger partial charge is 0.248 e. The van der Waals surface area contributed by atoms with Crippen LogP contribution >= 0.6 is 11.6 Å². The maximum atomic E-state index is 6.11. The molecule has 0 aliphatic rings. The molecule has 0 amide bonds. The Morgan fingerprint density at radius 3 is 2.53 bits per heavy atom. The van der Waals surface area contributed by atoms with Gasteiger partial charge in [-0.15, -0.1) is 11.6 Å². The number of benzene rings is 1. The number of nitrogens with zero attached hydrogens (tertiary/aromatic N) is 3. The highest BCUT2D eigenvalue weighted by Crippen LogP contribution is 2.16. The summed E-state index contributed by atoms with van der Waals surface area (Å²) in [5, 5.41) is 4.27. The number of alkyl halides is 1. The molecule has 0 saturated heterocycles. The predicted octanol–water partition coefficient (Wildman–Crippen LogP) is 3.50. The van der Waals surface area contributed by atoms with E-state index in [-0.39, 0.29) is 0 Å². The first-order chi connectivity index (χ1) is 9.20. The Labute approximate surface area is 119 Å². The Morgan fingerprint density at radius 1 is 1.16 bits per heavy atom. The Bertz CT molecular complexity index is 493. The summed E-state index contributed by atoms with van der Waals surface area (Å²) in [4.78, 5) is 4.36. The maximum absolute atomic E-state index is 6.11. The number of hydrogen-bond acceptors (Lipinski definition) is 2. The predicted molar refractivity (Wildman–Crippen MR) is 78.5 cm³/mol. The first-order valence-electron chi connectivity index (χ1n) is 6.69. The molecule has 0 aliphatic carbocycles. The maximum Gasteiger partial charge on any atom is 0.138 e. The molecule has 0 fully saturated rings. The number of aromatic nitrogens is 3. The monoisotopic (exact) mass is 277 g/mol. The van der Waals surface area contributed by atoms with Gasteiger partial charge in [0, 0.05) is 18.3 Å². The third kappa shape index (κ3) is 3.80. The van der Waals surface area contributed by atoms with E-state index in [1.165, 1.54) is 5.56 Å². The van der Waals surface area contributed by atoms with Crippen molar-refractivity contribution < 1.29 is 0 Å². The van der Waals surface area contributed by atoms with E-state index >= 15 is 0 Å². The molecule has 0 aliphatic heterocycles. The molecule has 19 heavy (non-hydrogen) atoms. The van der Waals surface area contributed by atoms with Crippen LogP contribution < -0.4 is 0 Å². The van der Waals surface area contributed by atoms with Crippen LogP contribution in [0.1, 0.15) is 31.3 Å². The molecule has 0 N–H and O–H groups in total. The summed E-state index contributed by atoms with van der Waals surface area (Å²) in [5.41, 5.74) is 1.32. The minimum absolute atomic E-state index is 0.338. The molecule has 1 aromatic carbocycles. The van der Waals surface area contributed by atoms with Gasteiger partial charge in [-0.05, 0) is 31.7 Å². The molecule has 2 aromatic rings. The summed E-state index contributed by atoms with van der Waals surface area (Å²) < 4.78 is 1.98. The zero-order valence-corrected chi connectivity index (χ0v) is 12.2. The summed E-state index contributed by atoms with van der Waals surface area (Å²) in [6, 6.07) is 10.8. The smallest absolute Gasteiger partial charge is 0.138 e. The summed E-state index contributed by atoms with van der Waals surface area (Å²) in [6.45, 7) is 4.23. The van der Waals surface area contributed by atoms with Gasteiger partial charge >= 0.3 is 0 Å². The third-order valence-electron chi connectivity index (χ3n) is 3.19. The van der Waals surface area contributed by atoms with Gasteiger partial charge in [0.2, 0.25) is 0 Å². The highest BCUT2D eigenvalue weighted by molar-refractivity contribution is 6.18. The zero-order chi connectivity index (χ0) is 13.7. The van der Waals surface area contributed by atoms with Gasteiger partial charge in [-0.2, -0.15) is 5.10 Å². The SMILES string of the molecule is CC(C)n1ncnc1CC(CCl)Cc1ccccc1. The highest BCUT2D eigenvalue weighted by atomic mass is 35.5. The highest BCUT2D eigenvalue weighted by Gasteiger charge is 2.15. The van der Waals surface area contributed by atoms with Crippen LogP contribution in [-0.4, -0.2) is 20.6 Å². The van der Waals surface area contributed by atoms with Crippen molar-refractivity contribution in [3.63, 3.8) is 0 Å². The summed E-state index contributed by atoms with van der Waals surface area (Å²) >= 11 is 6.11. The lowest BCUT2D eigenvalue weighted by atomic mass is 9.97. The molecule has 1 unspecified atom stereocenters. The van der Waals surface area contributed by atoms with Crippen molar-refractivity contribution in [3.8, 4) is 0 Å². The van der Waals surface area contributed by atoms with Crippen LogP contribution in [0.2, 0.25) is 0 Å². The van der Waals surface area contributed by atoms with Gasteiger partial charge in [-0.25, -0.2) is 9.67 Å². The molecule has 1 atom stereocenters. The van der Waals surface area contributed by atoms with Crippen molar-refractivity contribution in [2.24, 2.45) is 5.92 Å². The second kappa shape index (κ2) is 6.71. The first-order valence-corrected chi connectivity index (χ1v) is 7.22. The van der Waals surface area contributed by atoms with E-state index in [2.05, 4.69) is 48.2 Å². The van der Waals surface area contributed by atoms with Gasteiger partial charge in [0.1, 0.15) is 12.2 Å². The molecular formula is C15H20ClN3. The zero-order valence-electron chi connectivity index (χ0n) is 11.5. The average molecular weight is 278 g/mol. The van der Waals surface area contributed by atoms with Gasteiger partial charge in [-0.3, -0.25) is 0 Å². The summed E-state index contributed by atoms with van der Waals surface area (Å²) in [5.74, 6) is 2.06. The lowest BCUT2D eigenvalue weighted by molar-refractivity contribution is 0.472. The molecule has 0 radical (unpaired) electrons. The summed E-state index contributed by atoms with van der Waals surface area (Å²) in [7, 11) is 0. The van der Waals surface area contributed by atoms with Gasteiger partial charge < -0.3 is 0 Å². The second-order valence-corrected chi connectivity index (χ2v) is 5.44. The summed E-state index contributed by atoms with van der Waals surface area (Å²) in [6.07, 6.45) is 3.48. The molecule has 2 rings (SSSR count). The molecule has 1 aromatic heterocycles. The fourth-order valence-corrected chi connectivity index (χ4v) is 2.46. The first kappa shape index (κ1) is 14.1. The molecule has 0 spiro atoms. The molecular weight excluding hydrogens is 258 g/mol. The van der Waals surface area contributed by atoms with Crippen LogP contribution in [0.4, 0.5) is 0 Å². The van der Waals surface area contributed by atoms with E-state index in [0.29, 0.717) is 17.8 Å². The standard InChI is InChI=1S/C15H20ClN3/c1-12(2)19-15(17-11-18-19)9-14(10-16)8-13-6-4-3-5-7-13/h3-7,11-12,14H,8-10H2,1-2H3. The number of rotatable bonds is 6. The quantitative estimate of drug-likeness (QED) is 0.757. The van der Waals surface area contributed by atoms with Crippen molar-refractivity contribution in [3.05, 3.63) is 48.0 Å². The van der Waals surface area contributed by atoms with E-state index in [0.717, 1.165) is 18.7 Å². The molecule has 4 heteroatoms. The minimum atomic E-state index is 0.338. The Hall–Kier alpha value is -1.35. The third-order valence-corrected chi connectivity index (χ3v) is 3.63. The lowest BCUT2D eigenvalue weighted by Gasteiger charge is -2.15. The Morgan fingerprint density at radius 2 is 1.89 bits per heavy atom. The van der Waals surface area contributed by atoms with E-state index in [1.807, 2.05) is 10.7 Å². The van der Waals surface area contributed by atoms with Gasteiger partial charge in [-0.1, -0.05) is 30.3 Å². The van der Waals surface area contributed by atoms with Gasteiger partial charge in [0.25, 0.3) is 0 Å². The van der Waals surface area contributed by atoms with Gasteiger partial charge in [0.05, 0.1) is 0 Å². The van der Waals surface area contributed by atoms with Crippen molar-refractivity contribution in [2.75, 3.05) is 5.88 Å². The van der Waals surface area contributed by atoms with E-state index in [1.54, 1.807) is 6.33 Å². The second-order valence-electron chi connectivity index (χ2n) is 5.13. The van der Waals surface area contributed by atoms with Crippen LogP contribution in [0.25, 0.3) is 0 Å². The Balaban J connectivity index is 2.05. The lowest BCUT2D eigenvalue weighted by Crippen LogP contribution is -2.16. The van der Waals surface area contributed by atoms with Crippen molar-refractivity contribution in [1.82, 2.24) is 14.8 Å². The Kier molecular flexibility index (Phi) is 4.97. The van der Waals surface area contributed by atoms with Crippen LogP contribution in [0, 0.1) is 5.92 Å².